The molecule has 0 aromatic heterocycles. The van der Waals surface area contributed by atoms with Crippen molar-refractivity contribution in [2.24, 2.45) is 0 Å². The van der Waals surface area contributed by atoms with E-state index in [1.807, 2.05) is 28.9 Å². The normalized spacial score (nSPS) is 11.0. The first kappa shape index (κ1) is 36.0. The van der Waals surface area contributed by atoms with E-state index in [2.05, 4.69) is 98.8 Å². The fraction of sp³-hybridized carbons (Fsp3) is 0.290. The first-order valence-corrected chi connectivity index (χ1v) is 13.4. The molecule has 0 N–H and O–H groups in total. The van der Waals surface area contributed by atoms with Crippen LogP contribution in [0.3, 0.4) is 0 Å². The van der Waals surface area contributed by atoms with Gasteiger partial charge in [-0.1, -0.05) is 112 Å². The largest absolute Gasteiger partial charge is 4.00 e. The summed E-state index contributed by atoms with van der Waals surface area (Å²) < 4.78 is 0. The summed E-state index contributed by atoms with van der Waals surface area (Å²) in [5.74, 6) is 0. The van der Waals surface area contributed by atoms with Gasteiger partial charge >= 0.3 is 26.2 Å². The van der Waals surface area contributed by atoms with E-state index in [0.29, 0.717) is 0 Å². The Morgan fingerprint density at radius 2 is 1.37 bits per heavy atom. The molecule has 3 aromatic rings. The Morgan fingerprint density at radius 3 is 1.97 bits per heavy atom. The first-order valence-electron chi connectivity index (χ1n) is 11.9. The Labute approximate surface area is 249 Å². The van der Waals surface area contributed by atoms with Crippen molar-refractivity contribution in [3.8, 4) is 11.1 Å². The quantitative estimate of drug-likeness (QED) is 0.192. The van der Waals surface area contributed by atoms with Crippen LogP contribution < -0.4 is 24.8 Å². The number of benzene rings is 3. The Kier molecular flexibility index (Phi) is 22.7. The summed E-state index contributed by atoms with van der Waals surface area (Å²) >= 11 is 0. The van der Waals surface area contributed by atoms with E-state index >= 15 is 0 Å². The van der Waals surface area contributed by atoms with Crippen LogP contribution in [0, 0.1) is 12.1 Å². The third kappa shape index (κ3) is 12.1. The summed E-state index contributed by atoms with van der Waals surface area (Å²) in [6.45, 7) is 6.49. The smallest absolute Gasteiger partial charge is 1.00 e. The van der Waals surface area contributed by atoms with E-state index in [0.717, 1.165) is 12.8 Å². The van der Waals surface area contributed by atoms with Gasteiger partial charge in [0, 0.05) is 10.2 Å². The molecule has 0 saturated heterocycles. The molecule has 3 aromatic carbocycles. The van der Waals surface area contributed by atoms with E-state index in [1.54, 1.807) is 0 Å². The van der Waals surface area contributed by atoms with E-state index in [9.17, 15) is 0 Å². The number of fused-ring (bicyclic) bond motifs is 3. The number of unbranched alkanes of at least 4 members (excludes halogenated alkanes) is 3. The van der Waals surface area contributed by atoms with Gasteiger partial charge in [0.25, 0.3) is 0 Å². The van der Waals surface area contributed by atoms with Crippen molar-refractivity contribution < 1.29 is 51.0 Å². The average Bonchev–Trinajstić information content (AvgIpc) is 3.54. The molecule has 5 rings (SSSR count). The zero-order valence-corrected chi connectivity index (χ0v) is 26.7. The third-order valence-electron chi connectivity index (χ3n) is 5.38. The number of hydrogen-bond donors (Lipinski definition) is 0. The van der Waals surface area contributed by atoms with Crippen LogP contribution in [-0.2, 0) is 32.6 Å². The average molecular weight is 600 g/mol. The van der Waals surface area contributed by atoms with Crippen LogP contribution in [0.1, 0.15) is 62.6 Å². The Balaban J connectivity index is 0. The Hall–Kier alpha value is -1.18. The minimum atomic E-state index is 0. The van der Waals surface area contributed by atoms with Crippen molar-refractivity contribution in [1.82, 2.24) is 0 Å². The summed E-state index contributed by atoms with van der Waals surface area (Å²) in [5, 5.41) is 0. The molecule has 0 bridgehead atoms. The maximum atomic E-state index is 3.30. The van der Waals surface area contributed by atoms with E-state index in [1.165, 1.54) is 59.1 Å². The van der Waals surface area contributed by atoms with Crippen LogP contribution in [-0.4, -0.2) is 10.2 Å². The number of hydrogen-bond acceptors (Lipinski definition) is 0. The second-order valence-corrected chi connectivity index (χ2v) is 7.68. The number of rotatable bonds is 4. The molecule has 0 unspecified atom stereocenters. The summed E-state index contributed by atoms with van der Waals surface area (Å²) in [6.07, 6.45) is 14.9. The van der Waals surface area contributed by atoms with Gasteiger partial charge in [0.15, 0.2) is 0 Å². The second kappa shape index (κ2) is 22.1. The molecular formula is C31H37Cl2SiZr. The minimum Gasteiger partial charge on any atom is -1.00 e. The van der Waals surface area contributed by atoms with Crippen molar-refractivity contribution in [3.63, 3.8) is 0 Å². The van der Waals surface area contributed by atoms with Crippen molar-refractivity contribution in [1.29, 1.82) is 0 Å². The SMILES string of the molecule is CCCCCC.C[SiH2].[C-]1=CC(c2ccccc2)=CC1.[Cl-].[Cl-].[Zr+4].[c-]1cccc2c1Cc1ccccc1-2. The predicted molar refractivity (Wildman–Crippen MR) is 145 cm³/mol. The van der Waals surface area contributed by atoms with Crippen LogP contribution in [0.15, 0.2) is 84.9 Å². The van der Waals surface area contributed by atoms with Gasteiger partial charge < -0.3 is 24.8 Å². The van der Waals surface area contributed by atoms with Crippen molar-refractivity contribution in [3.05, 3.63) is 114 Å². The van der Waals surface area contributed by atoms with Gasteiger partial charge in [-0.3, -0.25) is 6.08 Å². The van der Waals surface area contributed by atoms with Crippen LogP contribution in [0.25, 0.3) is 16.7 Å². The van der Waals surface area contributed by atoms with Crippen LogP contribution in [0.5, 0.6) is 0 Å². The molecule has 0 atom stereocenters. The molecule has 4 heteroatoms. The van der Waals surface area contributed by atoms with Gasteiger partial charge in [0.2, 0.25) is 0 Å². The fourth-order valence-corrected chi connectivity index (χ4v) is 3.73. The maximum Gasteiger partial charge on any atom is 4.00 e. The minimum absolute atomic E-state index is 0. The van der Waals surface area contributed by atoms with Gasteiger partial charge in [-0.15, -0.1) is 17.5 Å². The van der Waals surface area contributed by atoms with Crippen LogP contribution >= 0.6 is 0 Å². The van der Waals surface area contributed by atoms with E-state index in [4.69, 9.17) is 0 Å². The van der Waals surface area contributed by atoms with E-state index in [-0.39, 0.29) is 51.0 Å². The van der Waals surface area contributed by atoms with Gasteiger partial charge in [-0.25, -0.2) is 6.08 Å². The standard InChI is InChI=1S/C13H9.C11H9.C6H14.CH5Si.2ClH.Zr/c1-3-7-12-10(5-1)9-11-6-2-4-8-13(11)12;1-2-6-10(7-3-1)11-8-4-5-9-11;1-3-5-6-4-2;1-2;;;/h1-5,7-8H,9H2;1-3,6-9H,4H2;3-6H2,1-2H3;2H2,1H3;2*1H;/q2*-1;;;;;+4/p-2. The van der Waals surface area contributed by atoms with Crippen molar-refractivity contribution in [2.45, 2.75) is 58.9 Å². The monoisotopic (exact) mass is 597 g/mol. The van der Waals surface area contributed by atoms with Crippen LogP contribution in [0.2, 0.25) is 6.55 Å². The molecule has 2 aliphatic rings. The Morgan fingerprint density at radius 1 is 0.771 bits per heavy atom. The summed E-state index contributed by atoms with van der Waals surface area (Å²) in [6, 6.07) is 28.5. The van der Waals surface area contributed by atoms with Gasteiger partial charge in [0.1, 0.15) is 0 Å². The maximum absolute atomic E-state index is 3.30. The zero-order valence-electron chi connectivity index (χ0n) is 21.3. The number of allylic oxidation sites excluding steroid dienone is 4. The summed E-state index contributed by atoms with van der Waals surface area (Å²) in [7, 11) is 1.86. The third-order valence-corrected chi connectivity index (χ3v) is 5.38. The molecule has 0 spiro atoms. The van der Waals surface area contributed by atoms with E-state index < -0.39 is 0 Å². The second-order valence-electron chi connectivity index (χ2n) is 7.68. The molecule has 0 heterocycles. The predicted octanol–water partition coefficient (Wildman–Crippen LogP) is 2.15. The zero-order chi connectivity index (χ0) is 23.0. The molecule has 0 nitrogen and oxygen atoms in total. The molecule has 0 aliphatic heterocycles. The topological polar surface area (TPSA) is 0 Å². The number of halogens is 2. The molecule has 35 heavy (non-hydrogen) atoms. The molecule has 1 radical (unpaired) electrons. The molecule has 0 saturated carbocycles. The molecular weight excluding hydrogens is 563 g/mol. The summed E-state index contributed by atoms with van der Waals surface area (Å²) in [4.78, 5) is 0. The fourth-order valence-electron chi connectivity index (χ4n) is 3.73. The Bertz CT molecular complexity index is 937. The van der Waals surface area contributed by atoms with Gasteiger partial charge in [0.05, 0.1) is 0 Å². The van der Waals surface area contributed by atoms with Gasteiger partial charge in [-0.05, 0) is 6.42 Å². The van der Waals surface area contributed by atoms with Crippen LogP contribution in [0.4, 0.5) is 0 Å². The molecule has 183 valence electrons. The van der Waals surface area contributed by atoms with Crippen molar-refractivity contribution in [2.75, 3.05) is 0 Å². The molecule has 0 amide bonds. The molecule has 2 aliphatic carbocycles. The van der Waals surface area contributed by atoms with Gasteiger partial charge in [-0.2, -0.15) is 41.5 Å². The molecule has 0 fully saturated rings. The van der Waals surface area contributed by atoms with Crippen molar-refractivity contribution >= 4 is 15.8 Å². The summed E-state index contributed by atoms with van der Waals surface area (Å²) in [5.41, 5.74) is 8.10. The first-order chi connectivity index (χ1) is 15.8.